The summed E-state index contributed by atoms with van der Waals surface area (Å²) in [5, 5.41) is 6.19. The number of sulfonamides is 1. The van der Waals surface area contributed by atoms with Crippen molar-refractivity contribution in [1.29, 1.82) is 0 Å². The minimum absolute atomic E-state index is 0.0408. The van der Waals surface area contributed by atoms with Gasteiger partial charge in [-0.3, -0.25) is 9.79 Å². The third kappa shape index (κ3) is 5.92. The number of carbonyl (C=O) groups is 1. The molecule has 1 aromatic heterocycles. The molecule has 0 fully saturated rings. The van der Waals surface area contributed by atoms with Gasteiger partial charge in [-0.1, -0.05) is 60.5 Å². The molecule has 0 saturated carbocycles. The molecule has 2 heterocycles. The first-order valence-corrected chi connectivity index (χ1v) is 13.7. The summed E-state index contributed by atoms with van der Waals surface area (Å²) in [6.07, 6.45) is 1.98. The molecule has 0 aliphatic carbocycles. The van der Waals surface area contributed by atoms with E-state index in [0.717, 1.165) is 30.1 Å². The molecule has 1 aliphatic heterocycles. The van der Waals surface area contributed by atoms with Crippen molar-refractivity contribution in [2.24, 2.45) is 4.99 Å². The fraction of sp³-hybridized carbons (Fsp3) is 0.280. The topological polar surface area (TPSA) is 104 Å². The SMILES string of the molecule is CCN(Cc1cc(C(=O)NCCc2ccc(C3=NCCN3)cc2)co1)S(=O)(=O)c1c(Cl)cccc1Cl. The Morgan fingerprint density at radius 2 is 1.89 bits per heavy atom. The first-order chi connectivity index (χ1) is 17.3. The molecule has 0 atom stereocenters. The lowest BCUT2D eigenvalue weighted by atomic mass is 10.1. The summed E-state index contributed by atoms with van der Waals surface area (Å²) in [6, 6.07) is 14.1. The molecule has 1 amide bonds. The van der Waals surface area contributed by atoms with Crippen LogP contribution in [0.4, 0.5) is 0 Å². The number of nitrogens with one attached hydrogen (secondary N) is 2. The molecule has 1 aliphatic rings. The monoisotopic (exact) mass is 548 g/mol. The lowest BCUT2D eigenvalue weighted by molar-refractivity contribution is 0.0953. The van der Waals surface area contributed by atoms with E-state index >= 15 is 0 Å². The molecule has 0 bridgehead atoms. The van der Waals surface area contributed by atoms with E-state index in [1.165, 1.54) is 28.8 Å². The van der Waals surface area contributed by atoms with Gasteiger partial charge in [0.05, 0.1) is 28.7 Å². The average molecular weight is 549 g/mol. The molecule has 0 saturated heterocycles. The molecule has 190 valence electrons. The third-order valence-corrected chi connectivity index (χ3v) is 8.60. The van der Waals surface area contributed by atoms with E-state index in [1.54, 1.807) is 13.0 Å². The van der Waals surface area contributed by atoms with E-state index in [4.69, 9.17) is 27.6 Å². The largest absolute Gasteiger partial charge is 0.467 e. The number of hydrogen-bond donors (Lipinski definition) is 2. The van der Waals surface area contributed by atoms with E-state index in [2.05, 4.69) is 15.6 Å². The van der Waals surface area contributed by atoms with Gasteiger partial charge in [0.25, 0.3) is 5.91 Å². The van der Waals surface area contributed by atoms with Crippen molar-refractivity contribution in [3.8, 4) is 0 Å². The van der Waals surface area contributed by atoms with Crippen LogP contribution in [-0.4, -0.2) is 50.6 Å². The second-order valence-electron chi connectivity index (χ2n) is 8.14. The zero-order valence-electron chi connectivity index (χ0n) is 19.6. The van der Waals surface area contributed by atoms with Gasteiger partial charge >= 0.3 is 0 Å². The maximum Gasteiger partial charge on any atom is 0.254 e. The lowest BCUT2D eigenvalue weighted by Gasteiger charge is -2.20. The van der Waals surface area contributed by atoms with Crippen LogP contribution in [0.25, 0.3) is 0 Å². The second-order valence-corrected chi connectivity index (χ2v) is 10.8. The molecule has 8 nitrogen and oxygen atoms in total. The first-order valence-electron chi connectivity index (χ1n) is 11.5. The highest BCUT2D eigenvalue weighted by atomic mass is 35.5. The first kappa shape index (κ1) is 26.2. The predicted octanol–water partition coefficient (Wildman–Crippen LogP) is 4.12. The highest BCUT2D eigenvalue weighted by Crippen LogP contribution is 2.32. The van der Waals surface area contributed by atoms with E-state index in [1.807, 2.05) is 24.3 Å². The molecule has 0 spiro atoms. The quantitative estimate of drug-likeness (QED) is 0.396. The summed E-state index contributed by atoms with van der Waals surface area (Å²) >= 11 is 12.2. The van der Waals surface area contributed by atoms with Gasteiger partial charge < -0.3 is 15.1 Å². The van der Waals surface area contributed by atoms with Gasteiger partial charge in [-0.05, 0) is 30.2 Å². The van der Waals surface area contributed by atoms with Crippen molar-refractivity contribution < 1.29 is 17.6 Å². The van der Waals surface area contributed by atoms with Gasteiger partial charge in [-0.2, -0.15) is 4.31 Å². The lowest BCUT2D eigenvalue weighted by Crippen LogP contribution is -2.30. The molecule has 4 rings (SSSR count). The van der Waals surface area contributed by atoms with Gasteiger partial charge in [-0.15, -0.1) is 0 Å². The Morgan fingerprint density at radius 3 is 2.53 bits per heavy atom. The number of nitrogens with zero attached hydrogens (tertiary/aromatic N) is 2. The van der Waals surface area contributed by atoms with Crippen LogP contribution in [0.3, 0.4) is 0 Å². The van der Waals surface area contributed by atoms with Crippen LogP contribution in [-0.2, 0) is 23.0 Å². The smallest absolute Gasteiger partial charge is 0.254 e. The Bertz CT molecular complexity index is 1350. The normalized spacial score (nSPS) is 13.5. The molecule has 11 heteroatoms. The molecule has 2 N–H and O–H groups in total. The van der Waals surface area contributed by atoms with Crippen LogP contribution in [0.5, 0.6) is 0 Å². The molecular weight excluding hydrogens is 523 g/mol. The van der Waals surface area contributed by atoms with Crippen molar-refractivity contribution >= 4 is 45.0 Å². The van der Waals surface area contributed by atoms with Crippen LogP contribution < -0.4 is 10.6 Å². The van der Waals surface area contributed by atoms with Gasteiger partial charge in [0.2, 0.25) is 10.0 Å². The summed E-state index contributed by atoms with van der Waals surface area (Å²) in [5.74, 6) is 0.939. The van der Waals surface area contributed by atoms with Gasteiger partial charge in [-0.25, -0.2) is 8.42 Å². The second kappa shape index (κ2) is 11.5. The highest BCUT2D eigenvalue weighted by molar-refractivity contribution is 7.89. The van der Waals surface area contributed by atoms with Crippen molar-refractivity contribution in [3.05, 3.63) is 87.3 Å². The Labute approximate surface area is 220 Å². The van der Waals surface area contributed by atoms with Gasteiger partial charge in [0, 0.05) is 25.2 Å². The van der Waals surface area contributed by atoms with E-state index in [-0.39, 0.29) is 33.9 Å². The molecule has 2 aromatic carbocycles. The number of amides is 1. The van der Waals surface area contributed by atoms with E-state index in [9.17, 15) is 13.2 Å². The van der Waals surface area contributed by atoms with Crippen LogP contribution in [0.2, 0.25) is 10.0 Å². The predicted molar refractivity (Wildman–Crippen MR) is 140 cm³/mol. The maximum atomic E-state index is 13.1. The highest BCUT2D eigenvalue weighted by Gasteiger charge is 2.29. The summed E-state index contributed by atoms with van der Waals surface area (Å²) in [7, 11) is -3.98. The Kier molecular flexibility index (Phi) is 8.35. The Balaban J connectivity index is 1.34. The number of rotatable bonds is 10. The third-order valence-electron chi connectivity index (χ3n) is 5.72. The Morgan fingerprint density at radius 1 is 1.17 bits per heavy atom. The number of benzene rings is 2. The maximum absolute atomic E-state index is 13.1. The summed E-state index contributed by atoms with van der Waals surface area (Å²) < 4.78 is 33.0. The number of carbonyl (C=O) groups excluding carboxylic acids is 1. The van der Waals surface area contributed by atoms with Crippen molar-refractivity contribution in [2.75, 3.05) is 26.2 Å². The number of aliphatic imine (C=N–C) groups is 1. The van der Waals surface area contributed by atoms with Crippen molar-refractivity contribution in [2.45, 2.75) is 24.8 Å². The zero-order chi connectivity index (χ0) is 25.7. The van der Waals surface area contributed by atoms with E-state index in [0.29, 0.717) is 24.3 Å². The number of furan rings is 1. The van der Waals surface area contributed by atoms with Crippen LogP contribution in [0, 0.1) is 0 Å². The number of amidine groups is 1. The molecule has 3 aromatic rings. The molecule has 0 radical (unpaired) electrons. The summed E-state index contributed by atoms with van der Waals surface area (Å²) in [6.45, 7) is 3.89. The fourth-order valence-corrected chi connectivity index (χ4v) is 6.33. The van der Waals surface area contributed by atoms with Crippen molar-refractivity contribution in [1.82, 2.24) is 14.9 Å². The summed E-state index contributed by atoms with van der Waals surface area (Å²) in [4.78, 5) is 16.8. The molecular formula is C25H26Cl2N4O4S. The Hall–Kier alpha value is -2.85. The van der Waals surface area contributed by atoms with Gasteiger partial charge in [0.15, 0.2) is 0 Å². The van der Waals surface area contributed by atoms with Crippen LogP contribution >= 0.6 is 23.2 Å². The zero-order valence-corrected chi connectivity index (χ0v) is 22.0. The molecule has 0 unspecified atom stereocenters. The standard InChI is InChI=1S/C25H26Cl2N4O4S/c1-2-31(36(33,34)23-21(26)4-3-5-22(23)27)15-20-14-19(16-35-20)25(32)30-11-10-17-6-8-18(9-7-17)24-28-12-13-29-24/h3-9,14,16H,2,10-13,15H2,1H3,(H,28,29)(H,30,32). The number of hydrogen-bond acceptors (Lipinski definition) is 6. The summed E-state index contributed by atoms with van der Waals surface area (Å²) in [5.41, 5.74) is 2.45. The van der Waals surface area contributed by atoms with Gasteiger partial charge in [0.1, 0.15) is 22.8 Å². The average Bonchev–Trinajstić information content (AvgIpc) is 3.55. The fourth-order valence-electron chi connectivity index (χ4n) is 3.82. The molecule has 36 heavy (non-hydrogen) atoms. The minimum atomic E-state index is -3.98. The van der Waals surface area contributed by atoms with E-state index < -0.39 is 10.0 Å². The van der Waals surface area contributed by atoms with Crippen molar-refractivity contribution in [3.63, 3.8) is 0 Å². The number of halogens is 2. The van der Waals surface area contributed by atoms with Crippen LogP contribution in [0.1, 0.15) is 34.2 Å². The van der Waals surface area contributed by atoms with Crippen LogP contribution in [0.15, 0.2) is 69.1 Å². The minimum Gasteiger partial charge on any atom is -0.467 e.